The number of rotatable bonds is 5. The van der Waals surface area contributed by atoms with Gasteiger partial charge in [0.25, 0.3) is 5.91 Å². The Kier molecular flexibility index (Phi) is 4.64. The van der Waals surface area contributed by atoms with Crippen LogP contribution in [0.25, 0.3) is 10.2 Å². The van der Waals surface area contributed by atoms with Crippen LogP contribution in [0.4, 0.5) is 5.69 Å². The zero-order chi connectivity index (χ0) is 18.8. The minimum atomic E-state index is -0.130. The Morgan fingerprint density at radius 1 is 1.15 bits per heavy atom. The highest BCUT2D eigenvalue weighted by atomic mass is 32.1. The SMILES string of the molecule is COc1cccc(NC(=O)c2cc3c(C)nn(Cc4ccccc4)c3s2)c1. The summed E-state index contributed by atoms with van der Waals surface area (Å²) in [6, 6.07) is 19.4. The van der Waals surface area contributed by atoms with E-state index in [4.69, 9.17) is 4.74 Å². The average Bonchev–Trinajstić information content (AvgIpc) is 3.24. The van der Waals surface area contributed by atoms with Crippen molar-refractivity contribution in [3.63, 3.8) is 0 Å². The minimum absolute atomic E-state index is 0.130. The number of aryl methyl sites for hydroxylation is 1. The maximum atomic E-state index is 12.7. The summed E-state index contributed by atoms with van der Waals surface area (Å²) in [7, 11) is 1.61. The zero-order valence-electron chi connectivity index (χ0n) is 15.1. The molecule has 27 heavy (non-hydrogen) atoms. The first kappa shape index (κ1) is 17.3. The molecule has 0 bridgehead atoms. The van der Waals surface area contributed by atoms with Crippen LogP contribution in [-0.2, 0) is 6.54 Å². The Morgan fingerprint density at radius 2 is 1.96 bits per heavy atom. The number of methoxy groups -OCH3 is 1. The van der Waals surface area contributed by atoms with E-state index in [0.717, 1.165) is 15.9 Å². The fourth-order valence-electron chi connectivity index (χ4n) is 2.98. The number of thiophene rings is 1. The van der Waals surface area contributed by atoms with Crippen molar-refractivity contribution in [2.75, 3.05) is 12.4 Å². The molecule has 1 amide bonds. The lowest BCUT2D eigenvalue weighted by molar-refractivity contribution is 0.103. The quantitative estimate of drug-likeness (QED) is 0.548. The Bertz CT molecular complexity index is 1100. The maximum absolute atomic E-state index is 12.7. The molecule has 2 heterocycles. The molecule has 2 aromatic carbocycles. The van der Waals surface area contributed by atoms with Gasteiger partial charge in [-0.25, -0.2) is 0 Å². The van der Waals surface area contributed by atoms with Crippen molar-refractivity contribution >= 4 is 33.1 Å². The van der Waals surface area contributed by atoms with Crippen LogP contribution in [0.5, 0.6) is 5.75 Å². The Labute approximate surface area is 161 Å². The fraction of sp³-hybridized carbons (Fsp3) is 0.143. The van der Waals surface area contributed by atoms with E-state index in [9.17, 15) is 4.79 Å². The molecule has 1 N–H and O–H groups in total. The molecule has 0 fully saturated rings. The van der Waals surface area contributed by atoms with Crippen LogP contribution in [-0.4, -0.2) is 22.8 Å². The molecule has 0 unspecified atom stereocenters. The fourth-order valence-corrected chi connectivity index (χ4v) is 4.04. The van der Waals surface area contributed by atoms with Crippen molar-refractivity contribution in [3.8, 4) is 5.75 Å². The largest absolute Gasteiger partial charge is 0.497 e. The third-order valence-corrected chi connectivity index (χ3v) is 5.48. The molecule has 0 atom stereocenters. The minimum Gasteiger partial charge on any atom is -0.497 e. The second-order valence-corrected chi connectivity index (χ2v) is 7.27. The predicted molar refractivity (Wildman–Crippen MR) is 109 cm³/mol. The van der Waals surface area contributed by atoms with Crippen LogP contribution >= 0.6 is 11.3 Å². The topological polar surface area (TPSA) is 56.1 Å². The molecule has 0 saturated heterocycles. The molecule has 0 saturated carbocycles. The summed E-state index contributed by atoms with van der Waals surface area (Å²) in [6.45, 7) is 2.66. The van der Waals surface area contributed by atoms with Gasteiger partial charge >= 0.3 is 0 Å². The van der Waals surface area contributed by atoms with Crippen molar-refractivity contribution in [2.45, 2.75) is 13.5 Å². The van der Waals surface area contributed by atoms with E-state index in [0.29, 0.717) is 22.9 Å². The van der Waals surface area contributed by atoms with Gasteiger partial charge in [0.05, 0.1) is 24.2 Å². The summed E-state index contributed by atoms with van der Waals surface area (Å²) in [6.07, 6.45) is 0. The van der Waals surface area contributed by atoms with Gasteiger partial charge in [0.2, 0.25) is 0 Å². The van der Waals surface area contributed by atoms with Crippen LogP contribution in [0.1, 0.15) is 20.9 Å². The third kappa shape index (κ3) is 3.57. The van der Waals surface area contributed by atoms with Crippen molar-refractivity contribution in [1.29, 1.82) is 0 Å². The van der Waals surface area contributed by atoms with Gasteiger partial charge in [0, 0.05) is 17.1 Å². The van der Waals surface area contributed by atoms with Gasteiger partial charge in [-0.2, -0.15) is 5.10 Å². The lowest BCUT2D eigenvalue weighted by Crippen LogP contribution is -2.10. The van der Waals surface area contributed by atoms with E-state index in [2.05, 4.69) is 22.5 Å². The molecule has 0 aliphatic heterocycles. The van der Waals surface area contributed by atoms with E-state index in [1.165, 1.54) is 16.9 Å². The van der Waals surface area contributed by atoms with Gasteiger partial charge in [-0.3, -0.25) is 9.48 Å². The summed E-state index contributed by atoms with van der Waals surface area (Å²) < 4.78 is 7.17. The molecule has 0 aliphatic rings. The van der Waals surface area contributed by atoms with Gasteiger partial charge in [-0.1, -0.05) is 36.4 Å². The normalized spacial score (nSPS) is 10.9. The summed E-state index contributed by atoms with van der Waals surface area (Å²) in [5.41, 5.74) is 2.81. The molecule has 4 rings (SSSR count). The molecular weight excluding hydrogens is 358 g/mol. The molecular formula is C21H19N3O2S. The summed E-state index contributed by atoms with van der Waals surface area (Å²) >= 11 is 1.46. The van der Waals surface area contributed by atoms with Gasteiger partial charge in [0.1, 0.15) is 10.6 Å². The molecule has 2 aromatic heterocycles. The molecule has 4 aromatic rings. The van der Waals surface area contributed by atoms with E-state index in [1.807, 2.05) is 54.1 Å². The first-order valence-corrected chi connectivity index (χ1v) is 9.42. The molecule has 0 aliphatic carbocycles. The van der Waals surface area contributed by atoms with Gasteiger partial charge in [-0.15, -0.1) is 11.3 Å². The van der Waals surface area contributed by atoms with Crippen LogP contribution in [0.3, 0.4) is 0 Å². The van der Waals surface area contributed by atoms with Crippen molar-refractivity contribution < 1.29 is 9.53 Å². The number of ether oxygens (including phenoxy) is 1. The van der Waals surface area contributed by atoms with E-state index < -0.39 is 0 Å². The second-order valence-electron chi connectivity index (χ2n) is 6.24. The predicted octanol–water partition coefficient (Wildman–Crippen LogP) is 4.72. The zero-order valence-corrected chi connectivity index (χ0v) is 15.9. The number of amides is 1. The standard InChI is InChI=1S/C21H19N3O2S/c1-14-18-12-19(20(25)22-16-9-6-10-17(11-16)26-2)27-21(18)24(23-14)13-15-7-4-3-5-8-15/h3-12H,13H2,1-2H3,(H,22,25). The van der Waals surface area contributed by atoms with Crippen molar-refractivity contribution in [3.05, 3.63) is 76.8 Å². The summed E-state index contributed by atoms with van der Waals surface area (Å²) in [5.74, 6) is 0.577. The average molecular weight is 377 g/mol. The number of anilines is 1. The lowest BCUT2D eigenvalue weighted by atomic mass is 10.2. The molecule has 136 valence electrons. The number of nitrogens with zero attached hydrogens (tertiary/aromatic N) is 2. The summed E-state index contributed by atoms with van der Waals surface area (Å²) in [5, 5.41) is 8.59. The van der Waals surface area contributed by atoms with Gasteiger partial charge < -0.3 is 10.1 Å². The number of aromatic nitrogens is 2. The van der Waals surface area contributed by atoms with Crippen LogP contribution in [0.2, 0.25) is 0 Å². The number of hydrogen-bond acceptors (Lipinski definition) is 4. The van der Waals surface area contributed by atoms with Crippen molar-refractivity contribution in [1.82, 2.24) is 9.78 Å². The first-order valence-electron chi connectivity index (χ1n) is 8.60. The lowest BCUT2D eigenvalue weighted by Gasteiger charge is -2.06. The smallest absolute Gasteiger partial charge is 0.265 e. The Hall–Kier alpha value is -3.12. The van der Waals surface area contributed by atoms with Gasteiger partial charge in [0.15, 0.2) is 0 Å². The number of carbonyl (C=O) groups excluding carboxylic acids is 1. The Morgan fingerprint density at radius 3 is 2.74 bits per heavy atom. The van der Waals surface area contributed by atoms with Crippen molar-refractivity contribution in [2.24, 2.45) is 0 Å². The highest BCUT2D eigenvalue weighted by Crippen LogP contribution is 2.29. The first-order chi connectivity index (χ1) is 13.1. The van der Waals surface area contributed by atoms with E-state index in [1.54, 1.807) is 13.2 Å². The highest BCUT2D eigenvalue weighted by molar-refractivity contribution is 7.20. The summed E-state index contributed by atoms with van der Waals surface area (Å²) in [4.78, 5) is 14.4. The number of carbonyl (C=O) groups is 1. The number of hydrogen-bond donors (Lipinski definition) is 1. The second kappa shape index (κ2) is 7.25. The molecule has 0 radical (unpaired) electrons. The number of nitrogens with one attached hydrogen (secondary N) is 1. The molecule has 0 spiro atoms. The van der Waals surface area contributed by atoms with Gasteiger partial charge in [-0.05, 0) is 30.7 Å². The van der Waals surface area contributed by atoms with E-state index in [-0.39, 0.29) is 5.91 Å². The van der Waals surface area contributed by atoms with Crippen LogP contribution < -0.4 is 10.1 Å². The van der Waals surface area contributed by atoms with E-state index >= 15 is 0 Å². The maximum Gasteiger partial charge on any atom is 0.265 e. The number of fused-ring (bicyclic) bond motifs is 1. The third-order valence-electron chi connectivity index (χ3n) is 4.33. The highest BCUT2D eigenvalue weighted by Gasteiger charge is 2.17. The van der Waals surface area contributed by atoms with Crippen LogP contribution in [0.15, 0.2) is 60.7 Å². The molecule has 5 nitrogen and oxygen atoms in total. The van der Waals surface area contributed by atoms with Crippen LogP contribution in [0, 0.1) is 6.92 Å². The Balaban J connectivity index is 1.61. The monoisotopic (exact) mass is 377 g/mol. The number of benzene rings is 2. The molecule has 6 heteroatoms.